The van der Waals surface area contributed by atoms with Gasteiger partial charge in [0.2, 0.25) is 88.6 Å². The van der Waals surface area contributed by atoms with Crippen LogP contribution in [0.25, 0.3) is 0 Å². The monoisotopic (exact) mass is 1740 g/mol. The molecule has 44 nitrogen and oxygen atoms in total. The van der Waals surface area contributed by atoms with E-state index in [4.69, 9.17) is 28.7 Å². The van der Waals surface area contributed by atoms with E-state index in [2.05, 4.69) is 63.8 Å². The Morgan fingerprint density at radius 1 is 0.415 bits per heavy atom. The number of aromatic hydroxyl groups is 2. The number of aliphatic hydroxyl groups is 1. The number of hydrogen-bond donors (Lipinski definition) is 24. The maximum atomic E-state index is 14.9. The number of carbonyl (C=O) groups is 19. The average Bonchev–Trinajstić information content (AvgIpc) is 1.70. The zero-order valence-corrected chi connectivity index (χ0v) is 69.8. The first-order valence-corrected chi connectivity index (χ1v) is 40.6. The minimum absolute atomic E-state index is 0.0949. The fraction of sp³-hybridized carbons (Fsp3) is 0.608. The molecule has 123 heavy (non-hydrogen) atoms. The van der Waals surface area contributed by atoms with Gasteiger partial charge in [0.15, 0.2) is 0 Å². The second kappa shape index (κ2) is 53.6. The van der Waals surface area contributed by atoms with Crippen molar-refractivity contribution < 1.29 is 127 Å². The summed E-state index contributed by atoms with van der Waals surface area (Å²) in [5.41, 5.74) is 28.8. The van der Waals surface area contributed by atoms with Crippen molar-refractivity contribution in [3.05, 3.63) is 59.7 Å². The number of rotatable bonds is 58. The Morgan fingerprint density at radius 2 is 0.789 bits per heavy atom. The van der Waals surface area contributed by atoms with E-state index in [1.807, 2.05) is 0 Å². The van der Waals surface area contributed by atoms with Crippen LogP contribution in [0.2, 0.25) is 0 Å². The van der Waals surface area contributed by atoms with Gasteiger partial charge in [0.05, 0.1) is 25.5 Å². The molecule has 684 valence electrons. The van der Waals surface area contributed by atoms with Crippen LogP contribution in [-0.2, 0) is 104 Å². The molecule has 1 aliphatic heterocycles. The Bertz CT molecular complexity index is 3970. The number of nitrogens with one attached hydrogen (secondary N) is 12. The first-order chi connectivity index (χ1) is 57.9. The summed E-state index contributed by atoms with van der Waals surface area (Å²) >= 11 is 0. The molecule has 0 aromatic heterocycles. The number of primary amides is 2. The number of carbonyl (C=O) groups excluding carboxylic acids is 15. The summed E-state index contributed by atoms with van der Waals surface area (Å²) < 4.78 is 0. The predicted molar refractivity (Wildman–Crippen MR) is 437 cm³/mol. The van der Waals surface area contributed by atoms with Crippen molar-refractivity contribution in [3.63, 3.8) is 0 Å². The lowest BCUT2D eigenvalue weighted by atomic mass is 9.96. The molecule has 0 radical (unpaired) electrons. The number of aliphatic hydroxyl groups excluding tert-OH is 1. The maximum absolute atomic E-state index is 14.9. The van der Waals surface area contributed by atoms with Gasteiger partial charge in [0.1, 0.15) is 90.0 Å². The molecular weight excluding hydrogens is 1620 g/mol. The molecule has 29 N–H and O–H groups in total. The molecule has 0 spiro atoms. The molecule has 15 amide bonds. The van der Waals surface area contributed by atoms with Gasteiger partial charge in [-0.1, -0.05) is 72.2 Å². The third-order valence-corrected chi connectivity index (χ3v) is 19.9. The molecule has 1 fully saturated rings. The number of nitrogens with two attached hydrogens (primary N) is 5. The van der Waals surface area contributed by atoms with Crippen LogP contribution in [0.3, 0.4) is 0 Å². The van der Waals surface area contributed by atoms with Crippen LogP contribution in [0.5, 0.6) is 11.5 Å². The molecule has 1 heterocycles. The Balaban J connectivity index is 1.93. The lowest BCUT2D eigenvalue weighted by Crippen LogP contribution is -2.62. The summed E-state index contributed by atoms with van der Waals surface area (Å²) in [5.74, 6) is -23.9. The molecular formula is C79H122N18O26. The highest BCUT2D eigenvalue weighted by molar-refractivity contribution is 6.01. The van der Waals surface area contributed by atoms with Crippen LogP contribution in [0.4, 0.5) is 0 Å². The quantitative estimate of drug-likeness (QED) is 0.0275. The highest BCUT2D eigenvalue weighted by Gasteiger charge is 2.43. The zero-order chi connectivity index (χ0) is 92.5. The number of carboxylic acids is 4. The molecule has 44 heteroatoms. The number of aliphatic carboxylic acids is 4. The van der Waals surface area contributed by atoms with E-state index in [0.29, 0.717) is 24.0 Å². The Morgan fingerprint density at radius 3 is 1.20 bits per heavy atom. The van der Waals surface area contributed by atoms with Crippen LogP contribution < -0.4 is 92.5 Å². The molecule has 0 aliphatic carbocycles. The summed E-state index contributed by atoms with van der Waals surface area (Å²) in [5, 5.41) is 99.1. The van der Waals surface area contributed by atoms with Crippen LogP contribution in [-0.4, -0.2) is 264 Å². The summed E-state index contributed by atoms with van der Waals surface area (Å²) in [4.78, 5) is 259. The van der Waals surface area contributed by atoms with Crippen molar-refractivity contribution in [3.8, 4) is 11.5 Å². The molecule has 0 unspecified atom stereocenters. The zero-order valence-electron chi connectivity index (χ0n) is 69.8. The number of likely N-dealkylation sites (tertiary alicyclic amines) is 1. The number of benzene rings is 2. The van der Waals surface area contributed by atoms with E-state index < -0.39 is 254 Å². The highest BCUT2D eigenvalue weighted by atomic mass is 16.4. The van der Waals surface area contributed by atoms with Gasteiger partial charge in [0, 0.05) is 38.6 Å². The van der Waals surface area contributed by atoms with Crippen LogP contribution >= 0.6 is 0 Å². The third-order valence-electron chi connectivity index (χ3n) is 19.9. The number of carboxylic acid groups (broad SMARTS) is 4. The molecule has 1 saturated heterocycles. The molecule has 0 bridgehead atoms. The van der Waals surface area contributed by atoms with Gasteiger partial charge in [-0.2, -0.15) is 0 Å². The Labute approximate surface area is 710 Å². The van der Waals surface area contributed by atoms with Gasteiger partial charge in [-0.25, -0.2) is 4.79 Å². The lowest BCUT2D eigenvalue weighted by Gasteiger charge is -2.31. The predicted octanol–water partition coefficient (Wildman–Crippen LogP) is -5.16. The summed E-state index contributed by atoms with van der Waals surface area (Å²) in [7, 11) is 0. The fourth-order valence-corrected chi connectivity index (χ4v) is 13.0. The van der Waals surface area contributed by atoms with Crippen molar-refractivity contribution in [2.45, 2.75) is 261 Å². The highest BCUT2D eigenvalue weighted by Crippen LogP contribution is 2.23. The lowest BCUT2D eigenvalue weighted by molar-refractivity contribution is -0.144. The Hall–Kier alpha value is -12.2. The van der Waals surface area contributed by atoms with Crippen molar-refractivity contribution in [1.82, 2.24) is 68.7 Å². The fourth-order valence-electron chi connectivity index (χ4n) is 13.0. The maximum Gasteiger partial charge on any atom is 0.326 e. The van der Waals surface area contributed by atoms with Crippen molar-refractivity contribution in [1.29, 1.82) is 0 Å². The van der Waals surface area contributed by atoms with E-state index in [0.717, 1.165) is 4.90 Å². The number of amides is 15. The van der Waals surface area contributed by atoms with Gasteiger partial charge >= 0.3 is 23.9 Å². The number of hydrogen-bond acceptors (Lipinski definition) is 25. The number of phenolic OH excluding ortho intramolecular Hbond substituents is 2. The first-order valence-electron chi connectivity index (χ1n) is 40.6. The third kappa shape index (κ3) is 38.2. The van der Waals surface area contributed by atoms with E-state index in [1.54, 1.807) is 34.6 Å². The second-order valence-electron chi connectivity index (χ2n) is 31.1. The number of phenols is 2. The van der Waals surface area contributed by atoms with Crippen molar-refractivity contribution in [2.24, 2.45) is 46.4 Å². The minimum Gasteiger partial charge on any atom is -0.508 e. The van der Waals surface area contributed by atoms with E-state index in [1.165, 1.54) is 55.5 Å². The molecule has 1 aliphatic rings. The van der Waals surface area contributed by atoms with Gasteiger partial charge in [-0.15, -0.1) is 0 Å². The van der Waals surface area contributed by atoms with Crippen molar-refractivity contribution >= 4 is 112 Å². The van der Waals surface area contributed by atoms with Gasteiger partial charge in [-0.05, 0) is 150 Å². The number of nitrogens with zero attached hydrogens (tertiary/aromatic N) is 1. The standard InChI is InChI=1S/C79H122N18O26/c1-7-42(6)65(77(120)88-49(14-9-11-31-81)68(111)85-48(13-8-10-30-80)67(110)86-50(25-28-62(103)104)69(112)94-57(79(122)123)36-44-18-22-46(100)23-19-44)96-70(113)51(26-29-63(105)106)87-75(118)58(39-98)95-72(115)53(34-41(4)5)91-74(117)55(38-64(107)108)92-76(119)59-15-12-32-97(59)78(121)56(35-43-16-20-45(99)21-17-43)93-71(114)52(33-40(2)3)90-73(116)54(37-61(84)102)89-66(109)47(82)24-27-60(83)101/h16-23,40-42,47-59,65,98-100H,7-15,24-39,80-82H2,1-6H3,(H2,83,101)(H2,84,102)(H,85,111)(H,86,110)(H,87,118)(H,88,120)(H,89,109)(H,90,116)(H,91,117)(H,92,119)(H,93,114)(H,94,112)(H,95,115)(H,96,113)(H,103,104)(H,105,106)(H,107,108)(H,122,123)/t42-,47-,48-,49-,50-,51-,52-,53-,54-,55-,56-,57-,58-,59-,65-/m0/s1. The Kier molecular flexibility index (Phi) is 45.7. The minimum atomic E-state index is -2.01. The smallest absolute Gasteiger partial charge is 0.326 e. The van der Waals surface area contributed by atoms with Crippen molar-refractivity contribution in [2.75, 3.05) is 26.2 Å². The largest absolute Gasteiger partial charge is 0.508 e. The summed E-state index contributed by atoms with van der Waals surface area (Å²) in [6.07, 6.45) is -5.29. The van der Waals surface area contributed by atoms with Crippen LogP contribution in [0, 0.1) is 17.8 Å². The van der Waals surface area contributed by atoms with Crippen LogP contribution in [0.15, 0.2) is 48.5 Å². The molecule has 2 aromatic rings. The van der Waals surface area contributed by atoms with Crippen LogP contribution in [0.1, 0.15) is 175 Å². The summed E-state index contributed by atoms with van der Waals surface area (Å²) in [6, 6.07) is -12.3. The summed E-state index contributed by atoms with van der Waals surface area (Å²) in [6.45, 7) is 8.59. The molecule has 2 aromatic carbocycles. The van der Waals surface area contributed by atoms with Gasteiger partial charge < -0.3 is 133 Å². The topological polar surface area (TPSA) is 744 Å². The average molecular weight is 1740 g/mol. The van der Waals surface area contributed by atoms with Gasteiger partial charge in [-0.3, -0.25) is 86.3 Å². The molecule has 0 saturated carbocycles. The normalized spacial score (nSPS) is 15.8. The van der Waals surface area contributed by atoms with E-state index in [9.17, 15) is 127 Å². The second-order valence-corrected chi connectivity index (χ2v) is 31.1. The van der Waals surface area contributed by atoms with E-state index in [-0.39, 0.29) is 121 Å². The SMILES string of the molecule is CC[C@H](C)[C@H](NC(=O)[C@H](CCC(=O)O)NC(=O)[C@H](CO)NC(=O)[C@H](CC(C)C)NC(=O)[C@H](CC(=O)O)NC(=O)[C@@H]1CCCN1C(=O)[C@H](Cc1ccc(O)cc1)NC(=O)[C@H](CC(C)C)NC(=O)[C@H](CC(N)=O)NC(=O)[C@@H](N)CCC(N)=O)C(=O)N[C@@H](CCCCN)C(=O)N[C@@H](CCCCN)C(=O)N[C@@H](CCC(=O)O)C(=O)N[C@@H](Cc1ccc(O)cc1)C(=O)O. The molecule has 3 rings (SSSR count). The molecule has 15 atom stereocenters. The van der Waals surface area contributed by atoms with Gasteiger partial charge in [0.25, 0.3) is 0 Å². The van der Waals surface area contributed by atoms with E-state index >= 15 is 0 Å². The first kappa shape index (κ1) is 105. The number of unbranched alkanes of at least 4 members (excludes halogenated alkanes) is 2.